The zero-order valence-electron chi connectivity index (χ0n) is 14.3. The highest BCUT2D eigenvalue weighted by Gasteiger charge is 2.13. The number of pyridine rings is 1. The first-order valence-corrected chi connectivity index (χ1v) is 9.33. The minimum atomic E-state index is 0.267. The molecule has 0 saturated heterocycles. The summed E-state index contributed by atoms with van der Waals surface area (Å²) in [6.45, 7) is 2.13. The molecule has 2 N–H and O–H groups in total. The summed E-state index contributed by atoms with van der Waals surface area (Å²) in [7, 11) is 0. The SMILES string of the molecule is CCc1ccc(-c2cc(-c3ccc(SC)cc3)c(C#N)c(N)n2)cc1. The maximum atomic E-state index is 9.52. The van der Waals surface area contributed by atoms with E-state index in [-0.39, 0.29) is 5.82 Å². The van der Waals surface area contributed by atoms with Gasteiger partial charge in [-0.2, -0.15) is 5.26 Å². The molecule has 0 bridgehead atoms. The van der Waals surface area contributed by atoms with Crippen LogP contribution in [0.15, 0.2) is 59.5 Å². The van der Waals surface area contributed by atoms with E-state index in [1.807, 2.05) is 48.7 Å². The summed E-state index contributed by atoms with van der Waals surface area (Å²) >= 11 is 1.69. The van der Waals surface area contributed by atoms with Crippen molar-refractivity contribution < 1.29 is 0 Å². The lowest BCUT2D eigenvalue weighted by Crippen LogP contribution is -1.99. The number of thioether (sulfide) groups is 1. The molecule has 0 amide bonds. The van der Waals surface area contributed by atoms with Crippen molar-refractivity contribution in [2.75, 3.05) is 12.0 Å². The lowest BCUT2D eigenvalue weighted by Gasteiger charge is -2.11. The van der Waals surface area contributed by atoms with Gasteiger partial charge in [-0.1, -0.05) is 43.3 Å². The molecule has 0 aliphatic heterocycles. The smallest absolute Gasteiger partial charge is 0.142 e. The molecule has 2 aromatic carbocycles. The third-order valence-electron chi connectivity index (χ3n) is 4.22. The van der Waals surface area contributed by atoms with Crippen LogP contribution in [-0.2, 0) is 6.42 Å². The largest absolute Gasteiger partial charge is 0.383 e. The minimum absolute atomic E-state index is 0.267. The van der Waals surface area contributed by atoms with Gasteiger partial charge in [0.2, 0.25) is 0 Å². The van der Waals surface area contributed by atoms with E-state index in [0.717, 1.165) is 28.8 Å². The predicted molar refractivity (Wildman–Crippen MR) is 105 cm³/mol. The Morgan fingerprint density at radius 3 is 2.24 bits per heavy atom. The van der Waals surface area contributed by atoms with Crippen molar-refractivity contribution in [2.24, 2.45) is 0 Å². The van der Waals surface area contributed by atoms with Crippen molar-refractivity contribution in [2.45, 2.75) is 18.2 Å². The lowest BCUT2D eigenvalue weighted by molar-refractivity contribution is 1.14. The van der Waals surface area contributed by atoms with Crippen LogP contribution in [0.25, 0.3) is 22.4 Å². The number of aryl methyl sites for hydroxylation is 1. The fourth-order valence-corrected chi connectivity index (χ4v) is 3.15. The van der Waals surface area contributed by atoms with Gasteiger partial charge in [0.1, 0.15) is 17.5 Å². The van der Waals surface area contributed by atoms with Gasteiger partial charge in [-0.05, 0) is 42.0 Å². The van der Waals surface area contributed by atoms with Crippen molar-refractivity contribution in [3.05, 3.63) is 65.7 Å². The van der Waals surface area contributed by atoms with Crippen LogP contribution in [0.4, 0.5) is 5.82 Å². The van der Waals surface area contributed by atoms with E-state index in [1.165, 1.54) is 10.5 Å². The van der Waals surface area contributed by atoms with Crippen LogP contribution >= 0.6 is 11.8 Å². The fourth-order valence-electron chi connectivity index (χ4n) is 2.74. The molecule has 1 heterocycles. The van der Waals surface area contributed by atoms with Crippen LogP contribution in [0.1, 0.15) is 18.1 Å². The fraction of sp³-hybridized carbons (Fsp3) is 0.143. The highest BCUT2D eigenvalue weighted by Crippen LogP contribution is 2.32. The molecule has 3 aromatic rings. The van der Waals surface area contributed by atoms with Crippen molar-refractivity contribution in [3.8, 4) is 28.5 Å². The normalized spacial score (nSPS) is 10.4. The van der Waals surface area contributed by atoms with Crippen LogP contribution < -0.4 is 5.73 Å². The van der Waals surface area contributed by atoms with Crippen molar-refractivity contribution in [1.82, 2.24) is 4.98 Å². The second-order valence-electron chi connectivity index (χ2n) is 5.71. The van der Waals surface area contributed by atoms with Crippen molar-refractivity contribution in [1.29, 1.82) is 5.26 Å². The Labute approximate surface area is 152 Å². The maximum absolute atomic E-state index is 9.52. The van der Waals surface area contributed by atoms with E-state index < -0.39 is 0 Å². The molecule has 4 heteroatoms. The zero-order chi connectivity index (χ0) is 17.8. The molecule has 0 fully saturated rings. The van der Waals surface area contributed by atoms with Gasteiger partial charge in [-0.3, -0.25) is 0 Å². The molecular weight excluding hydrogens is 326 g/mol. The van der Waals surface area contributed by atoms with Gasteiger partial charge < -0.3 is 5.73 Å². The minimum Gasteiger partial charge on any atom is -0.383 e. The topological polar surface area (TPSA) is 62.7 Å². The average Bonchev–Trinajstić information content (AvgIpc) is 2.67. The molecule has 0 atom stereocenters. The molecule has 3 nitrogen and oxygen atoms in total. The Hall–Kier alpha value is -2.77. The first-order valence-electron chi connectivity index (χ1n) is 8.10. The van der Waals surface area contributed by atoms with Crippen molar-refractivity contribution >= 4 is 17.6 Å². The average molecular weight is 345 g/mol. The van der Waals surface area contributed by atoms with Crippen LogP contribution in [0.2, 0.25) is 0 Å². The molecule has 0 unspecified atom stereocenters. The Bertz CT molecular complexity index is 923. The highest BCUT2D eigenvalue weighted by molar-refractivity contribution is 7.98. The molecule has 0 saturated carbocycles. The summed E-state index contributed by atoms with van der Waals surface area (Å²) in [5.74, 6) is 0.267. The Balaban J connectivity index is 2.12. The molecule has 0 aliphatic rings. The summed E-state index contributed by atoms with van der Waals surface area (Å²) in [6.07, 6.45) is 3.04. The van der Waals surface area contributed by atoms with Crippen LogP contribution in [0.5, 0.6) is 0 Å². The van der Waals surface area contributed by atoms with Crippen LogP contribution in [0.3, 0.4) is 0 Å². The number of nitrogen functional groups attached to an aromatic ring is 1. The number of nitrogens with two attached hydrogens (primary N) is 1. The molecule has 3 rings (SSSR count). The summed E-state index contributed by atoms with van der Waals surface area (Å²) in [4.78, 5) is 5.62. The highest BCUT2D eigenvalue weighted by atomic mass is 32.2. The molecule has 124 valence electrons. The monoisotopic (exact) mass is 345 g/mol. The number of anilines is 1. The maximum Gasteiger partial charge on any atom is 0.142 e. The number of benzene rings is 2. The lowest BCUT2D eigenvalue weighted by atomic mass is 9.98. The van der Waals surface area contributed by atoms with Gasteiger partial charge >= 0.3 is 0 Å². The molecule has 0 aliphatic carbocycles. The van der Waals surface area contributed by atoms with E-state index >= 15 is 0 Å². The number of hydrogen-bond acceptors (Lipinski definition) is 4. The summed E-state index contributed by atoms with van der Waals surface area (Å²) < 4.78 is 0. The van der Waals surface area contributed by atoms with E-state index in [0.29, 0.717) is 5.56 Å². The van der Waals surface area contributed by atoms with Gasteiger partial charge in [0.05, 0.1) is 5.69 Å². The third kappa shape index (κ3) is 3.52. The number of rotatable bonds is 4. The Morgan fingerprint density at radius 2 is 1.68 bits per heavy atom. The summed E-state index contributed by atoms with van der Waals surface area (Å²) in [5, 5.41) is 9.52. The Kier molecular flexibility index (Phi) is 5.06. The molecular formula is C21H19N3S. The van der Waals surface area contributed by atoms with Crippen LogP contribution in [0, 0.1) is 11.3 Å². The van der Waals surface area contributed by atoms with Gasteiger partial charge in [-0.15, -0.1) is 11.8 Å². The number of hydrogen-bond donors (Lipinski definition) is 1. The van der Waals surface area contributed by atoms with E-state index in [4.69, 9.17) is 5.73 Å². The van der Waals surface area contributed by atoms with Crippen molar-refractivity contribution in [3.63, 3.8) is 0 Å². The standard InChI is InChI=1S/C21H19N3S/c1-3-14-4-6-16(7-5-14)20-12-18(19(13-22)21(23)24-20)15-8-10-17(25-2)11-9-15/h4-12H,3H2,1-2H3,(H2,23,24). The predicted octanol–water partition coefficient (Wildman–Crippen LogP) is 5.15. The summed E-state index contributed by atoms with van der Waals surface area (Å²) in [6, 6.07) is 20.6. The second-order valence-corrected chi connectivity index (χ2v) is 6.59. The first kappa shape index (κ1) is 17.1. The molecule has 25 heavy (non-hydrogen) atoms. The molecule has 0 spiro atoms. The van der Waals surface area contributed by atoms with Gasteiger partial charge in [0.15, 0.2) is 0 Å². The number of nitrogens with zero attached hydrogens (tertiary/aromatic N) is 2. The van der Waals surface area contributed by atoms with Crippen LogP contribution in [-0.4, -0.2) is 11.2 Å². The quantitative estimate of drug-likeness (QED) is 0.664. The summed E-state index contributed by atoms with van der Waals surface area (Å²) in [5.41, 5.74) is 11.3. The van der Waals surface area contributed by atoms with Gasteiger partial charge in [-0.25, -0.2) is 4.98 Å². The number of aromatic nitrogens is 1. The number of nitriles is 1. The second kappa shape index (κ2) is 7.42. The van der Waals surface area contributed by atoms with Gasteiger partial charge in [0, 0.05) is 16.0 Å². The Morgan fingerprint density at radius 1 is 1.04 bits per heavy atom. The molecule has 1 aromatic heterocycles. The van der Waals surface area contributed by atoms with E-state index in [1.54, 1.807) is 11.8 Å². The van der Waals surface area contributed by atoms with E-state index in [9.17, 15) is 5.26 Å². The van der Waals surface area contributed by atoms with E-state index in [2.05, 4.69) is 30.1 Å². The molecule has 0 radical (unpaired) electrons. The van der Waals surface area contributed by atoms with Gasteiger partial charge in [0.25, 0.3) is 0 Å². The zero-order valence-corrected chi connectivity index (χ0v) is 15.1. The first-order chi connectivity index (χ1) is 12.2. The third-order valence-corrected chi connectivity index (χ3v) is 4.96.